The fraction of sp³-hybridized carbons (Fsp3) is 0.417. The van der Waals surface area contributed by atoms with Crippen LogP contribution in [-0.4, -0.2) is 48.3 Å². The normalized spacial score (nSPS) is 13.4. The summed E-state index contributed by atoms with van der Waals surface area (Å²) in [6.07, 6.45) is 1.31. The van der Waals surface area contributed by atoms with Gasteiger partial charge in [-0.25, -0.2) is 9.78 Å². The first-order chi connectivity index (χ1) is 8.92. The number of nitrogens with zero attached hydrogens (tertiary/aromatic N) is 1. The maximum absolute atomic E-state index is 11.9. The molecule has 1 atom stereocenters. The van der Waals surface area contributed by atoms with Gasteiger partial charge in [-0.15, -0.1) is 0 Å². The van der Waals surface area contributed by atoms with Crippen molar-refractivity contribution in [3.63, 3.8) is 0 Å². The summed E-state index contributed by atoms with van der Waals surface area (Å²) in [6, 6.07) is 3.01. The first kappa shape index (κ1) is 14.9. The van der Waals surface area contributed by atoms with Crippen molar-refractivity contribution in [3.05, 3.63) is 23.9 Å². The van der Waals surface area contributed by atoms with Gasteiger partial charge >= 0.3 is 5.97 Å². The van der Waals surface area contributed by atoms with E-state index in [1.165, 1.54) is 39.5 Å². The van der Waals surface area contributed by atoms with Gasteiger partial charge in [-0.05, 0) is 13.0 Å². The Morgan fingerprint density at radius 3 is 2.53 bits per heavy atom. The Morgan fingerprint density at radius 2 is 2.11 bits per heavy atom. The lowest BCUT2D eigenvalue weighted by molar-refractivity contribution is -0.145. The molecule has 7 heteroatoms. The zero-order valence-electron chi connectivity index (χ0n) is 11.0. The fourth-order valence-corrected chi connectivity index (χ4v) is 1.40. The second-order valence-corrected chi connectivity index (χ2v) is 4.11. The molecule has 0 spiro atoms. The van der Waals surface area contributed by atoms with E-state index >= 15 is 0 Å². The van der Waals surface area contributed by atoms with E-state index in [1.54, 1.807) is 0 Å². The average molecular weight is 268 g/mol. The summed E-state index contributed by atoms with van der Waals surface area (Å²) in [5.41, 5.74) is -1.25. The number of aliphatic carboxylic acids is 1. The molecule has 104 valence electrons. The summed E-state index contributed by atoms with van der Waals surface area (Å²) < 4.78 is 9.68. The van der Waals surface area contributed by atoms with E-state index in [1.807, 2.05) is 0 Å². The van der Waals surface area contributed by atoms with Crippen LogP contribution in [0.3, 0.4) is 0 Å². The molecular weight excluding hydrogens is 252 g/mol. The van der Waals surface area contributed by atoms with Gasteiger partial charge in [0.25, 0.3) is 5.91 Å². The summed E-state index contributed by atoms with van der Waals surface area (Å²) in [4.78, 5) is 27.0. The number of carbonyl (C=O) groups is 2. The highest BCUT2D eigenvalue weighted by Gasteiger charge is 2.35. The zero-order valence-corrected chi connectivity index (χ0v) is 11.0. The van der Waals surface area contributed by atoms with Gasteiger partial charge in [0.2, 0.25) is 5.88 Å². The third-order valence-electron chi connectivity index (χ3n) is 2.50. The molecule has 1 aromatic heterocycles. The number of methoxy groups -OCH3 is 2. The largest absolute Gasteiger partial charge is 0.481 e. The summed E-state index contributed by atoms with van der Waals surface area (Å²) in [7, 11) is 2.82. The van der Waals surface area contributed by atoms with Crippen molar-refractivity contribution in [2.75, 3.05) is 20.8 Å². The van der Waals surface area contributed by atoms with E-state index in [0.717, 1.165) is 0 Å². The number of hydrogen-bond donors (Lipinski definition) is 2. The molecule has 0 radical (unpaired) electrons. The molecule has 0 fully saturated rings. The lowest BCUT2D eigenvalue weighted by Crippen LogP contribution is -2.55. The predicted octanol–water partition coefficient (Wildman–Crippen LogP) is 0.310. The number of nitrogens with one attached hydrogen (secondary N) is 1. The molecule has 0 saturated heterocycles. The standard InChI is InChI=1S/C12H16N2O5/c1-12(7-18-2,11(16)17)14-10(15)8-4-5-9(19-3)13-6-8/h4-6H,7H2,1-3H3,(H,14,15)(H,16,17). The van der Waals surface area contributed by atoms with Crippen LogP contribution in [0.2, 0.25) is 0 Å². The zero-order chi connectivity index (χ0) is 14.5. The van der Waals surface area contributed by atoms with Crippen LogP contribution < -0.4 is 10.1 Å². The summed E-state index contributed by atoms with van der Waals surface area (Å²) >= 11 is 0. The number of amides is 1. The summed E-state index contributed by atoms with van der Waals surface area (Å²) in [5.74, 6) is -1.35. The molecule has 1 aromatic rings. The molecule has 0 saturated carbocycles. The van der Waals surface area contributed by atoms with Gasteiger partial charge in [-0.2, -0.15) is 0 Å². The number of carboxylic acid groups (broad SMARTS) is 1. The molecule has 0 aromatic carbocycles. The van der Waals surface area contributed by atoms with Crippen molar-refractivity contribution < 1.29 is 24.2 Å². The number of hydrogen-bond acceptors (Lipinski definition) is 5. The van der Waals surface area contributed by atoms with Gasteiger partial charge in [0.15, 0.2) is 5.54 Å². The van der Waals surface area contributed by atoms with E-state index in [9.17, 15) is 9.59 Å². The molecule has 0 bridgehead atoms. The van der Waals surface area contributed by atoms with Gasteiger partial charge < -0.3 is 19.9 Å². The SMILES string of the molecule is COCC(C)(NC(=O)c1ccc(OC)nc1)C(=O)O. The molecule has 1 amide bonds. The van der Waals surface area contributed by atoms with Crippen molar-refractivity contribution in [3.8, 4) is 5.88 Å². The maximum atomic E-state index is 11.9. The van der Waals surface area contributed by atoms with E-state index < -0.39 is 17.4 Å². The van der Waals surface area contributed by atoms with Crippen molar-refractivity contribution in [2.45, 2.75) is 12.5 Å². The first-order valence-corrected chi connectivity index (χ1v) is 5.48. The lowest BCUT2D eigenvalue weighted by Gasteiger charge is -2.25. The highest BCUT2D eigenvalue weighted by molar-refractivity contribution is 5.97. The Balaban J connectivity index is 2.84. The number of pyridine rings is 1. The number of carbonyl (C=O) groups excluding carboxylic acids is 1. The average Bonchev–Trinajstić information content (AvgIpc) is 2.38. The summed E-state index contributed by atoms with van der Waals surface area (Å²) in [5, 5.41) is 11.5. The van der Waals surface area contributed by atoms with Crippen LogP contribution in [0.15, 0.2) is 18.3 Å². The maximum Gasteiger partial charge on any atom is 0.331 e. The topological polar surface area (TPSA) is 97.8 Å². The minimum atomic E-state index is -1.49. The lowest BCUT2D eigenvalue weighted by atomic mass is 10.0. The Bertz CT molecular complexity index is 460. The van der Waals surface area contributed by atoms with Crippen LogP contribution in [0.4, 0.5) is 0 Å². The number of carboxylic acids is 1. The Morgan fingerprint density at radius 1 is 1.42 bits per heavy atom. The Labute approximate surface area is 110 Å². The van der Waals surface area contributed by atoms with Crippen LogP contribution in [0.5, 0.6) is 5.88 Å². The Kier molecular flexibility index (Phi) is 4.82. The first-order valence-electron chi connectivity index (χ1n) is 5.48. The van der Waals surface area contributed by atoms with Crippen molar-refractivity contribution in [2.24, 2.45) is 0 Å². The van der Waals surface area contributed by atoms with E-state index in [2.05, 4.69) is 10.3 Å². The van der Waals surface area contributed by atoms with Gasteiger partial charge in [0.1, 0.15) is 0 Å². The predicted molar refractivity (Wildman–Crippen MR) is 66.2 cm³/mol. The van der Waals surface area contributed by atoms with Crippen molar-refractivity contribution in [1.29, 1.82) is 0 Å². The monoisotopic (exact) mass is 268 g/mol. The second kappa shape index (κ2) is 6.14. The van der Waals surface area contributed by atoms with Gasteiger partial charge in [-0.1, -0.05) is 0 Å². The quantitative estimate of drug-likeness (QED) is 0.770. The van der Waals surface area contributed by atoms with Crippen LogP contribution in [0, 0.1) is 0 Å². The number of ether oxygens (including phenoxy) is 2. The number of rotatable bonds is 6. The molecule has 1 rings (SSSR count). The molecule has 0 aliphatic heterocycles. The van der Waals surface area contributed by atoms with E-state index in [4.69, 9.17) is 14.6 Å². The van der Waals surface area contributed by atoms with Gasteiger partial charge in [0, 0.05) is 19.4 Å². The summed E-state index contributed by atoms with van der Waals surface area (Å²) in [6.45, 7) is 1.23. The van der Waals surface area contributed by atoms with Crippen molar-refractivity contribution >= 4 is 11.9 Å². The van der Waals surface area contributed by atoms with Crippen LogP contribution in [0.1, 0.15) is 17.3 Å². The third-order valence-corrected chi connectivity index (χ3v) is 2.50. The smallest absolute Gasteiger partial charge is 0.331 e. The molecule has 19 heavy (non-hydrogen) atoms. The molecule has 0 aliphatic rings. The molecule has 7 nitrogen and oxygen atoms in total. The van der Waals surface area contributed by atoms with Crippen molar-refractivity contribution in [1.82, 2.24) is 10.3 Å². The Hall–Kier alpha value is -2.15. The van der Waals surface area contributed by atoms with Gasteiger partial charge in [0.05, 0.1) is 19.3 Å². The molecule has 1 unspecified atom stereocenters. The molecule has 0 aliphatic carbocycles. The fourth-order valence-electron chi connectivity index (χ4n) is 1.40. The van der Waals surface area contributed by atoms with Crippen LogP contribution >= 0.6 is 0 Å². The second-order valence-electron chi connectivity index (χ2n) is 4.11. The molecule has 1 heterocycles. The van der Waals surface area contributed by atoms with E-state index in [0.29, 0.717) is 5.88 Å². The minimum absolute atomic E-state index is 0.141. The van der Waals surface area contributed by atoms with E-state index in [-0.39, 0.29) is 12.2 Å². The minimum Gasteiger partial charge on any atom is -0.481 e. The highest BCUT2D eigenvalue weighted by atomic mass is 16.5. The van der Waals surface area contributed by atoms with Crippen LogP contribution in [-0.2, 0) is 9.53 Å². The van der Waals surface area contributed by atoms with Crippen LogP contribution in [0.25, 0.3) is 0 Å². The molecular formula is C12H16N2O5. The third kappa shape index (κ3) is 3.65. The highest BCUT2D eigenvalue weighted by Crippen LogP contribution is 2.10. The molecule has 2 N–H and O–H groups in total. The number of aromatic nitrogens is 1. The van der Waals surface area contributed by atoms with Gasteiger partial charge in [-0.3, -0.25) is 4.79 Å².